The second-order valence-electron chi connectivity index (χ2n) is 5.49. The van der Waals surface area contributed by atoms with Gasteiger partial charge in [0, 0.05) is 19.5 Å². The molecule has 2 aromatic heterocycles. The average Bonchev–Trinajstić information content (AvgIpc) is 3.20. The lowest BCUT2D eigenvalue weighted by Gasteiger charge is -2.21. The number of esters is 1. The fraction of sp³-hybridized carbons (Fsp3) is 0.533. The zero-order chi connectivity index (χ0) is 16.2. The summed E-state index contributed by atoms with van der Waals surface area (Å²) in [6.07, 6.45) is 2.31. The summed E-state index contributed by atoms with van der Waals surface area (Å²) in [5.74, 6) is 2.49. The molecule has 3 heterocycles. The molecule has 0 aromatic carbocycles. The fourth-order valence-corrected chi connectivity index (χ4v) is 3.49. The van der Waals surface area contributed by atoms with Gasteiger partial charge in [-0.2, -0.15) is 0 Å². The maximum absolute atomic E-state index is 11.4. The van der Waals surface area contributed by atoms with E-state index < -0.39 is 5.97 Å². The number of rotatable bonds is 5. The summed E-state index contributed by atoms with van der Waals surface area (Å²) in [6.45, 7) is 2.04. The number of nitrogens with one attached hydrogen (secondary N) is 1. The molecule has 0 amide bonds. The molecule has 1 fully saturated rings. The Morgan fingerprint density at radius 3 is 3.13 bits per heavy atom. The van der Waals surface area contributed by atoms with Crippen LogP contribution in [0, 0.1) is 0 Å². The number of nitrogens with zero attached hydrogens (tertiary/aromatic N) is 3. The molecule has 23 heavy (non-hydrogen) atoms. The Hall–Kier alpha value is -1.80. The molecule has 0 saturated carbocycles. The molecule has 0 aliphatic carbocycles. The van der Waals surface area contributed by atoms with Crippen molar-refractivity contribution in [2.24, 2.45) is 7.05 Å². The quantitative estimate of drug-likeness (QED) is 0.660. The average molecular weight is 336 g/mol. The summed E-state index contributed by atoms with van der Waals surface area (Å²) in [7, 11) is 3.33. The fourth-order valence-electron chi connectivity index (χ4n) is 2.68. The highest BCUT2D eigenvalue weighted by Gasteiger charge is 2.22. The van der Waals surface area contributed by atoms with E-state index in [2.05, 4.69) is 20.3 Å². The zero-order valence-electron chi connectivity index (χ0n) is 13.2. The molecule has 1 aliphatic heterocycles. The molecular formula is C15H20N4O3S. The van der Waals surface area contributed by atoms with Crippen LogP contribution in [0.15, 0.2) is 21.7 Å². The van der Waals surface area contributed by atoms with Crippen LogP contribution in [-0.2, 0) is 17.5 Å². The standard InChI is InChI=1S/C15H20N4O3S/c1-19-13(10-4-3-7-16-8-10)17-18-15(19)23-9-11-5-6-12(22-11)14(20)21-2/h5-6,10,16H,3-4,7-9H2,1-2H3/t10-/m1/s1. The normalized spacial score (nSPS) is 18.1. The van der Waals surface area contributed by atoms with Crippen molar-refractivity contribution >= 4 is 17.7 Å². The van der Waals surface area contributed by atoms with E-state index in [1.807, 2.05) is 11.6 Å². The van der Waals surface area contributed by atoms with Crippen LogP contribution in [0.25, 0.3) is 0 Å². The van der Waals surface area contributed by atoms with Crippen LogP contribution < -0.4 is 5.32 Å². The van der Waals surface area contributed by atoms with Gasteiger partial charge in [-0.3, -0.25) is 0 Å². The van der Waals surface area contributed by atoms with Crippen molar-refractivity contribution in [2.45, 2.75) is 29.7 Å². The van der Waals surface area contributed by atoms with Gasteiger partial charge in [0.05, 0.1) is 12.9 Å². The van der Waals surface area contributed by atoms with E-state index in [1.54, 1.807) is 23.9 Å². The van der Waals surface area contributed by atoms with Gasteiger partial charge < -0.3 is 19.0 Å². The third kappa shape index (κ3) is 3.59. The predicted octanol–water partition coefficient (Wildman–Crippen LogP) is 1.95. The minimum Gasteiger partial charge on any atom is -0.463 e. The number of furan rings is 1. The third-order valence-corrected chi connectivity index (χ3v) is 4.96. The van der Waals surface area contributed by atoms with Crippen molar-refractivity contribution < 1.29 is 13.9 Å². The van der Waals surface area contributed by atoms with Crippen LogP contribution in [-0.4, -0.2) is 40.9 Å². The van der Waals surface area contributed by atoms with Crippen molar-refractivity contribution in [2.75, 3.05) is 20.2 Å². The van der Waals surface area contributed by atoms with E-state index in [0.717, 1.165) is 30.5 Å². The Morgan fingerprint density at radius 2 is 2.39 bits per heavy atom. The van der Waals surface area contributed by atoms with Gasteiger partial charge in [0.2, 0.25) is 5.76 Å². The van der Waals surface area contributed by atoms with Gasteiger partial charge >= 0.3 is 5.97 Å². The Morgan fingerprint density at radius 1 is 1.52 bits per heavy atom. The molecule has 1 saturated heterocycles. The summed E-state index contributed by atoms with van der Waals surface area (Å²) in [6, 6.07) is 3.40. The van der Waals surface area contributed by atoms with E-state index in [9.17, 15) is 4.79 Å². The van der Waals surface area contributed by atoms with Crippen molar-refractivity contribution in [3.8, 4) is 0 Å². The first-order chi connectivity index (χ1) is 11.2. The molecule has 0 bridgehead atoms. The van der Waals surface area contributed by atoms with E-state index >= 15 is 0 Å². The molecule has 3 rings (SSSR count). The van der Waals surface area contributed by atoms with E-state index in [0.29, 0.717) is 17.4 Å². The van der Waals surface area contributed by atoms with Crippen LogP contribution >= 0.6 is 11.8 Å². The van der Waals surface area contributed by atoms with Crippen molar-refractivity contribution in [3.05, 3.63) is 29.5 Å². The van der Waals surface area contributed by atoms with E-state index in [4.69, 9.17) is 4.42 Å². The highest BCUT2D eigenvalue weighted by molar-refractivity contribution is 7.98. The van der Waals surface area contributed by atoms with Crippen molar-refractivity contribution in [3.63, 3.8) is 0 Å². The number of ether oxygens (including phenoxy) is 1. The Bertz CT molecular complexity index is 676. The highest BCUT2D eigenvalue weighted by atomic mass is 32.2. The molecule has 0 unspecified atom stereocenters. The highest BCUT2D eigenvalue weighted by Crippen LogP contribution is 2.27. The molecular weight excluding hydrogens is 316 g/mol. The molecule has 1 atom stereocenters. The Kier molecular flexibility index (Phi) is 5.02. The summed E-state index contributed by atoms with van der Waals surface area (Å²) in [5.41, 5.74) is 0. The Balaban J connectivity index is 1.63. The van der Waals surface area contributed by atoms with Gasteiger partial charge in [-0.25, -0.2) is 4.79 Å². The number of carbonyl (C=O) groups is 1. The molecule has 7 nitrogen and oxygen atoms in total. The van der Waals surface area contributed by atoms with Crippen LogP contribution in [0.2, 0.25) is 0 Å². The first-order valence-corrected chi connectivity index (χ1v) is 8.57. The summed E-state index contributed by atoms with van der Waals surface area (Å²) in [4.78, 5) is 11.4. The third-order valence-electron chi connectivity index (χ3n) is 3.92. The van der Waals surface area contributed by atoms with Gasteiger partial charge in [0.1, 0.15) is 11.6 Å². The van der Waals surface area contributed by atoms with Gasteiger partial charge in [-0.1, -0.05) is 11.8 Å². The van der Waals surface area contributed by atoms with Crippen LogP contribution in [0.3, 0.4) is 0 Å². The van der Waals surface area contributed by atoms with Gasteiger partial charge in [-0.15, -0.1) is 10.2 Å². The largest absolute Gasteiger partial charge is 0.463 e. The summed E-state index contributed by atoms with van der Waals surface area (Å²) < 4.78 is 12.1. The summed E-state index contributed by atoms with van der Waals surface area (Å²) in [5, 5.41) is 12.9. The maximum atomic E-state index is 11.4. The monoisotopic (exact) mass is 336 g/mol. The topological polar surface area (TPSA) is 82.2 Å². The molecule has 124 valence electrons. The SMILES string of the molecule is COC(=O)c1ccc(CSc2nnc([C@@H]3CCCNC3)n2C)o1. The molecule has 8 heteroatoms. The number of aromatic nitrogens is 3. The zero-order valence-corrected chi connectivity index (χ0v) is 14.1. The predicted molar refractivity (Wildman–Crippen MR) is 85.5 cm³/mol. The van der Waals surface area contributed by atoms with Crippen molar-refractivity contribution in [1.29, 1.82) is 0 Å². The Labute approximate surface area is 138 Å². The maximum Gasteiger partial charge on any atom is 0.373 e. The van der Waals surface area contributed by atoms with Crippen LogP contribution in [0.4, 0.5) is 0 Å². The molecule has 1 N–H and O–H groups in total. The first kappa shape index (κ1) is 16.1. The first-order valence-electron chi connectivity index (χ1n) is 7.59. The van der Waals surface area contributed by atoms with Gasteiger partial charge in [0.25, 0.3) is 0 Å². The number of carbonyl (C=O) groups excluding carboxylic acids is 1. The minimum absolute atomic E-state index is 0.218. The van der Waals surface area contributed by atoms with Crippen molar-refractivity contribution in [1.82, 2.24) is 20.1 Å². The lowest BCUT2D eigenvalue weighted by atomic mass is 9.99. The molecule has 1 aliphatic rings. The number of piperidine rings is 1. The number of hydrogen-bond donors (Lipinski definition) is 1. The van der Waals surface area contributed by atoms with Crippen LogP contribution in [0.1, 0.15) is 40.9 Å². The lowest BCUT2D eigenvalue weighted by molar-refractivity contribution is 0.0563. The molecule has 0 radical (unpaired) electrons. The number of methoxy groups -OCH3 is 1. The van der Waals surface area contributed by atoms with E-state index in [1.165, 1.54) is 13.5 Å². The smallest absolute Gasteiger partial charge is 0.373 e. The second-order valence-corrected chi connectivity index (χ2v) is 6.43. The molecule has 2 aromatic rings. The summed E-state index contributed by atoms with van der Waals surface area (Å²) >= 11 is 1.54. The van der Waals surface area contributed by atoms with E-state index in [-0.39, 0.29) is 5.76 Å². The molecule has 0 spiro atoms. The van der Waals surface area contributed by atoms with Gasteiger partial charge in [0.15, 0.2) is 5.16 Å². The van der Waals surface area contributed by atoms with Crippen LogP contribution in [0.5, 0.6) is 0 Å². The number of thioether (sulfide) groups is 1. The number of hydrogen-bond acceptors (Lipinski definition) is 7. The lowest BCUT2D eigenvalue weighted by Crippen LogP contribution is -2.29. The van der Waals surface area contributed by atoms with Gasteiger partial charge in [-0.05, 0) is 31.5 Å². The second kappa shape index (κ2) is 7.18. The minimum atomic E-state index is -0.466.